The van der Waals surface area contributed by atoms with Crippen LogP contribution in [-0.2, 0) is 25.5 Å². The van der Waals surface area contributed by atoms with Gasteiger partial charge in [-0.25, -0.2) is 4.79 Å². The number of nitrogens with one attached hydrogen (secondary N) is 2. The lowest BCUT2D eigenvalue weighted by Gasteiger charge is -2.23. The molecule has 0 aliphatic carbocycles. The number of unbranched alkanes of at least 4 members (excludes halogenated alkanes) is 2. The minimum atomic E-state index is -0.887. The third-order valence-electron chi connectivity index (χ3n) is 4.81. The molecule has 0 fully saturated rings. The summed E-state index contributed by atoms with van der Waals surface area (Å²) < 4.78 is 4.84. The number of hydrogen-bond acceptors (Lipinski definition) is 6. The third kappa shape index (κ3) is 9.63. The monoisotopic (exact) mass is 433 g/mol. The van der Waals surface area contributed by atoms with E-state index in [2.05, 4.69) is 15.8 Å². The Morgan fingerprint density at radius 1 is 1.06 bits per heavy atom. The van der Waals surface area contributed by atoms with Crippen LogP contribution >= 0.6 is 0 Å². The van der Waals surface area contributed by atoms with E-state index in [0.717, 1.165) is 18.4 Å². The molecule has 0 heterocycles. The van der Waals surface area contributed by atoms with Gasteiger partial charge in [0.15, 0.2) is 0 Å². The van der Waals surface area contributed by atoms with Crippen molar-refractivity contribution in [1.82, 2.24) is 10.6 Å². The summed E-state index contributed by atoms with van der Waals surface area (Å²) in [6.45, 7) is 5.89. The first kappa shape index (κ1) is 26.1. The topological polar surface area (TPSA) is 117 Å². The Hall–Kier alpha value is -2.90. The average molecular weight is 434 g/mol. The molecule has 0 aliphatic heterocycles. The van der Waals surface area contributed by atoms with Crippen LogP contribution < -0.4 is 10.6 Å². The Bertz CT molecular complexity index is 734. The predicted octanol–water partition coefficient (Wildman–Crippen LogP) is 2.83. The number of nitrogens with zero attached hydrogens (tertiary/aromatic N) is 1. The molecule has 0 aromatic heterocycles. The summed E-state index contributed by atoms with van der Waals surface area (Å²) in [5.41, 5.74) is 0.858. The van der Waals surface area contributed by atoms with E-state index >= 15 is 0 Å². The van der Waals surface area contributed by atoms with Gasteiger partial charge in [0.1, 0.15) is 17.8 Å². The van der Waals surface area contributed by atoms with Crippen LogP contribution in [0, 0.1) is 5.92 Å². The molecule has 0 saturated carbocycles. The van der Waals surface area contributed by atoms with Crippen LogP contribution in [-0.4, -0.2) is 47.9 Å². The van der Waals surface area contributed by atoms with Gasteiger partial charge in [-0.3, -0.25) is 9.59 Å². The highest BCUT2D eigenvalue weighted by Gasteiger charge is 2.29. The van der Waals surface area contributed by atoms with E-state index in [1.165, 1.54) is 7.11 Å². The van der Waals surface area contributed by atoms with Gasteiger partial charge in [0, 0.05) is 6.42 Å². The number of hydrogen-bond donors (Lipinski definition) is 3. The first-order valence-electron chi connectivity index (χ1n) is 10.8. The zero-order valence-corrected chi connectivity index (χ0v) is 18.9. The predicted molar refractivity (Wildman–Crippen MR) is 119 cm³/mol. The fraction of sp³-hybridized carbons (Fsp3) is 0.565. The lowest BCUT2D eigenvalue weighted by atomic mass is 10.0. The molecular weight excluding hydrogens is 398 g/mol. The highest BCUT2D eigenvalue weighted by atomic mass is 16.5. The van der Waals surface area contributed by atoms with E-state index in [-0.39, 0.29) is 18.1 Å². The van der Waals surface area contributed by atoms with E-state index in [1.54, 1.807) is 0 Å². The summed E-state index contributed by atoms with van der Waals surface area (Å²) in [6, 6.07) is 7.51. The van der Waals surface area contributed by atoms with E-state index in [0.29, 0.717) is 19.3 Å². The second-order valence-corrected chi connectivity index (χ2v) is 7.93. The Balaban J connectivity index is 2.91. The number of methoxy groups -OCH3 is 1. The quantitative estimate of drug-likeness (QED) is 0.145. The molecular formula is C23H35N3O5. The number of carbonyl (C=O) groups is 3. The Morgan fingerprint density at radius 2 is 1.74 bits per heavy atom. The molecule has 0 saturated heterocycles. The van der Waals surface area contributed by atoms with Crippen LogP contribution in [0.1, 0.15) is 58.4 Å². The van der Waals surface area contributed by atoms with Crippen molar-refractivity contribution in [2.24, 2.45) is 11.1 Å². The first-order valence-corrected chi connectivity index (χ1v) is 10.8. The first-order chi connectivity index (χ1) is 14.8. The van der Waals surface area contributed by atoms with E-state index in [4.69, 9.17) is 4.74 Å². The molecule has 0 spiro atoms. The average Bonchev–Trinajstić information content (AvgIpc) is 2.75. The normalized spacial score (nSPS) is 13.4. The van der Waals surface area contributed by atoms with Crippen molar-refractivity contribution in [3.05, 3.63) is 35.9 Å². The van der Waals surface area contributed by atoms with E-state index in [1.807, 2.05) is 51.1 Å². The summed E-state index contributed by atoms with van der Waals surface area (Å²) in [5, 5.41) is 17.7. The van der Waals surface area contributed by atoms with Crippen molar-refractivity contribution in [3.8, 4) is 0 Å². The minimum Gasteiger partial charge on any atom is -0.467 e. The number of oxime groups is 1. The summed E-state index contributed by atoms with van der Waals surface area (Å²) in [4.78, 5) is 37.8. The third-order valence-corrected chi connectivity index (χ3v) is 4.81. The SMILES string of the molecule is CCCCC/C(=N\O)C(=O)N[C@@H](CC(C)C)C(=O)N[C@@H](Cc1ccccc1)C(=O)OC. The largest absolute Gasteiger partial charge is 0.467 e. The van der Waals surface area contributed by atoms with Gasteiger partial charge in [-0.1, -0.05) is 69.1 Å². The number of rotatable bonds is 13. The Labute approximate surface area is 184 Å². The molecule has 3 N–H and O–H groups in total. The van der Waals surface area contributed by atoms with Crippen LogP contribution in [0.15, 0.2) is 35.5 Å². The fourth-order valence-electron chi connectivity index (χ4n) is 3.15. The number of carbonyl (C=O) groups excluding carboxylic acids is 3. The maximum absolute atomic E-state index is 13.0. The van der Waals surface area contributed by atoms with Gasteiger partial charge in [0.05, 0.1) is 7.11 Å². The maximum atomic E-state index is 13.0. The van der Waals surface area contributed by atoms with Crippen molar-refractivity contribution in [1.29, 1.82) is 0 Å². The van der Waals surface area contributed by atoms with Crippen molar-refractivity contribution in [2.45, 2.75) is 71.4 Å². The van der Waals surface area contributed by atoms with Crippen LogP contribution in [0.2, 0.25) is 0 Å². The number of esters is 1. The molecule has 8 heteroatoms. The number of benzene rings is 1. The zero-order valence-electron chi connectivity index (χ0n) is 18.9. The van der Waals surface area contributed by atoms with Crippen LogP contribution in [0.5, 0.6) is 0 Å². The van der Waals surface area contributed by atoms with Crippen molar-refractivity contribution < 1.29 is 24.3 Å². The molecule has 1 aromatic carbocycles. The fourth-order valence-corrected chi connectivity index (χ4v) is 3.15. The molecule has 31 heavy (non-hydrogen) atoms. The van der Waals surface area contributed by atoms with Gasteiger partial charge in [0.25, 0.3) is 5.91 Å². The molecule has 2 atom stereocenters. The van der Waals surface area contributed by atoms with Crippen molar-refractivity contribution in [2.75, 3.05) is 7.11 Å². The second-order valence-electron chi connectivity index (χ2n) is 7.93. The minimum absolute atomic E-state index is 0.0104. The van der Waals surface area contributed by atoms with Gasteiger partial charge in [0.2, 0.25) is 5.91 Å². The molecule has 8 nitrogen and oxygen atoms in total. The lowest BCUT2D eigenvalue weighted by Crippen LogP contribution is -2.53. The molecule has 1 rings (SSSR count). The highest BCUT2D eigenvalue weighted by molar-refractivity contribution is 6.39. The van der Waals surface area contributed by atoms with Crippen molar-refractivity contribution >= 4 is 23.5 Å². The van der Waals surface area contributed by atoms with Gasteiger partial charge >= 0.3 is 5.97 Å². The summed E-state index contributed by atoms with van der Waals surface area (Å²) in [6.07, 6.45) is 3.54. The molecule has 2 amide bonds. The zero-order chi connectivity index (χ0) is 23.2. The van der Waals surface area contributed by atoms with Crippen LogP contribution in [0.4, 0.5) is 0 Å². The smallest absolute Gasteiger partial charge is 0.328 e. The number of amides is 2. The second kappa shape index (κ2) is 14.2. The molecule has 0 unspecified atom stereocenters. The molecule has 0 aliphatic rings. The summed E-state index contributed by atoms with van der Waals surface area (Å²) in [7, 11) is 1.26. The summed E-state index contributed by atoms with van der Waals surface area (Å²) >= 11 is 0. The maximum Gasteiger partial charge on any atom is 0.328 e. The Morgan fingerprint density at radius 3 is 2.29 bits per heavy atom. The number of ether oxygens (including phenoxy) is 1. The van der Waals surface area contributed by atoms with E-state index in [9.17, 15) is 19.6 Å². The highest BCUT2D eigenvalue weighted by Crippen LogP contribution is 2.09. The lowest BCUT2D eigenvalue weighted by molar-refractivity contribution is -0.145. The van der Waals surface area contributed by atoms with Crippen LogP contribution in [0.3, 0.4) is 0 Å². The van der Waals surface area contributed by atoms with Gasteiger partial charge in [-0.2, -0.15) is 0 Å². The van der Waals surface area contributed by atoms with Crippen LogP contribution in [0.25, 0.3) is 0 Å². The van der Waals surface area contributed by atoms with Gasteiger partial charge in [-0.15, -0.1) is 0 Å². The Kier molecular flexibility index (Phi) is 11.9. The van der Waals surface area contributed by atoms with Gasteiger partial charge in [-0.05, 0) is 30.7 Å². The van der Waals surface area contributed by atoms with E-state index < -0.39 is 29.9 Å². The molecule has 172 valence electrons. The molecule has 1 aromatic rings. The van der Waals surface area contributed by atoms with Gasteiger partial charge < -0.3 is 20.6 Å². The molecule has 0 bridgehead atoms. The summed E-state index contributed by atoms with van der Waals surface area (Å²) in [5.74, 6) is -1.53. The standard InChI is InChI=1S/C23H35N3O5/c1-5-6-8-13-18(26-30)21(27)24-19(14-16(2)3)22(28)25-20(23(29)31-4)15-17-11-9-7-10-12-17/h7,9-12,16,19-20,30H,5-6,8,13-15H2,1-4H3,(H,24,27)(H,25,28)/b26-18+/t19-,20-/m0/s1. The van der Waals surface area contributed by atoms with Crippen molar-refractivity contribution in [3.63, 3.8) is 0 Å². The molecule has 0 radical (unpaired) electrons.